The first-order valence-electron chi connectivity index (χ1n) is 8.04. The second-order valence-electron chi connectivity index (χ2n) is 6.24. The third-order valence-corrected chi connectivity index (χ3v) is 6.30. The zero-order valence-electron chi connectivity index (χ0n) is 13.6. The summed E-state index contributed by atoms with van der Waals surface area (Å²) in [6.07, 6.45) is 1.05. The number of sulfonamides is 1. The summed E-state index contributed by atoms with van der Waals surface area (Å²) in [5, 5.41) is 0. The Morgan fingerprint density at radius 3 is 2.16 bits per heavy atom. The lowest BCUT2D eigenvalue weighted by atomic mass is 9.96. The third-order valence-electron chi connectivity index (χ3n) is 4.61. The second-order valence-corrected chi connectivity index (χ2v) is 8.18. The van der Waals surface area contributed by atoms with E-state index in [9.17, 15) is 22.8 Å². The van der Waals surface area contributed by atoms with Crippen molar-refractivity contribution in [3.8, 4) is 0 Å². The predicted octanol–water partition coefficient (Wildman–Crippen LogP) is 0.0906. The smallest absolute Gasteiger partial charge is 0.253 e. The summed E-state index contributed by atoms with van der Waals surface area (Å²) in [6.45, 7) is 0.903. The molecule has 0 spiro atoms. The normalized spacial score (nSPS) is 20.7. The molecule has 0 radical (unpaired) electrons. The van der Waals surface area contributed by atoms with E-state index in [1.807, 2.05) is 0 Å². The predicted molar refractivity (Wildman–Crippen MR) is 90.2 cm³/mol. The molecule has 25 heavy (non-hydrogen) atoms. The Morgan fingerprint density at radius 1 is 1.08 bits per heavy atom. The van der Waals surface area contributed by atoms with Gasteiger partial charge in [-0.15, -0.1) is 0 Å². The number of primary amides is 1. The van der Waals surface area contributed by atoms with Gasteiger partial charge in [0.15, 0.2) is 0 Å². The summed E-state index contributed by atoms with van der Waals surface area (Å²) in [7, 11) is -3.61. The number of piperidine rings is 1. The minimum Gasteiger partial charge on any atom is -0.369 e. The maximum Gasteiger partial charge on any atom is 0.253 e. The molecule has 3 rings (SSSR count). The number of hydrogen-bond donors (Lipinski definition) is 1. The Hall–Kier alpha value is -2.42. The molecular weight excluding hydrogens is 346 g/mol. The first kappa shape index (κ1) is 17.4. The van der Waals surface area contributed by atoms with Crippen molar-refractivity contribution in [3.63, 3.8) is 0 Å². The fourth-order valence-electron chi connectivity index (χ4n) is 3.16. The van der Waals surface area contributed by atoms with Crippen LogP contribution in [0.4, 0.5) is 5.69 Å². The van der Waals surface area contributed by atoms with Gasteiger partial charge in [-0.05, 0) is 37.1 Å². The van der Waals surface area contributed by atoms with Gasteiger partial charge in [-0.3, -0.25) is 14.4 Å². The van der Waals surface area contributed by atoms with Crippen LogP contribution in [0.2, 0.25) is 0 Å². The maximum absolute atomic E-state index is 12.5. The van der Waals surface area contributed by atoms with Gasteiger partial charge in [-0.25, -0.2) is 12.7 Å². The van der Waals surface area contributed by atoms with Crippen LogP contribution in [0.5, 0.6) is 0 Å². The summed E-state index contributed by atoms with van der Waals surface area (Å²) >= 11 is 0. The van der Waals surface area contributed by atoms with Crippen LogP contribution < -0.4 is 10.0 Å². The van der Waals surface area contributed by atoms with E-state index in [-0.39, 0.29) is 35.6 Å². The summed E-state index contributed by atoms with van der Waals surface area (Å²) in [5.41, 5.74) is 5.94. The van der Waals surface area contributed by atoms with Crippen molar-refractivity contribution in [1.82, 2.24) is 4.90 Å². The van der Waals surface area contributed by atoms with Gasteiger partial charge in [0.25, 0.3) is 5.91 Å². The molecule has 2 aliphatic heterocycles. The van der Waals surface area contributed by atoms with E-state index >= 15 is 0 Å². The van der Waals surface area contributed by atoms with Crippen molar-refractivity contribution < 1.29 is 22.8 Å². The number of nitrogens with two attached hydrogens (primary N) is 1. The van der Waals surface area contributed by atoms with Crippen molar-refractivity contribution >= 4 is 33.4 Å². The van der Waals surface area contributed by atoms with Gasteiger partial charge >= 0.3 is 0 Å². The highest BCUT2D eigenvalue weighted by Gasteiger charge is 2.36. The van der Waals surface area contributed by atoms with Crippen molar-refractivity contribution in [2.75, 3.05) is 23.1 Å². The van der Waals surface area contributed by atoms with Crippen molar-refractivity contribution in [1.29, 1.82) is 0 Å². The number of likely N-dealkylation sites (tertiary alicyclic amines) is 1. The zero-order chi connectivity index (χ0) is 18.2. The Kier molecular flexibility index (Phi) is 4.51. The molecule has 0 aliphatic carbocycles. The van der Waals surface area contributed by atoms with Gasteiger partial charge in [-0.2, -0.15) is 0 Å². The first-order chi connectivity index (χ1) is 11.8. The lowest BCUT2D eigenvalue weighted by Gasteiger charge is -2.30. The number of benzene rings is 1. The van der Waals surface area contributed by atoms with Crippen LogP contribution >= 0.6 is 0 Å². The number of amides is 3. The highest BCUT2D eigenvalue weighted by molar-refractivity contribution is 7.94. The summed E-state index contributed by atoms with van der Waals surface area (Å²) in [4.78, 5) is 37.1. The fraction of sp³-hybridized carbons (Fsp3) is 0.438. The number of carbonyl (C=O) groups is 3. The number of hydrogen-bond acceptors (Lipinski definition) is 5. The van der Waals surface area contributed by atoms with Crippen LogP contribution in [0.1, 0.15) is 29.6 Å². The molecule has 0 unspecified atom stereocenters. The minimum atomic E-state index is -3.61. The average Bonchev–Trinajstić information content (AvgIpc) is 2.87. The molecule has 1 aromatic rings. The molecule has 0 saturated carbocycles. The van der Waals surface area contributed by atoms with Gasteiger partial charge in [0, 0.05) is 31.0 Å². The molecule has 2 fully saturated rings. The molecule has 2 N–H and O–H groups in total. The van der Waals surface area contributed by atoms with E-state index < -0.39 is 15.9 Å². The Balaban J connectivity index is 1.72. The zero-order valence-corrected chi connectivity index (χ0v) is 14.4. The van der Waals surface area contributed by atoms with Gasteiger partial charge in [0.2, 0.25) is 21.8 Å². The molecule has 0 aromatic heterocycles. The van der Waals surface area contributed by atoms with E-state index in [0.29, 0.717) is 31.5 Å². The highest BCUT2D eigenvalue weighted by Crippen LogP contribution is 2.26. The van der Waals surface area contributed by atoms with E-state index in [2.05, 4.69) is 0 Å². The lowest BCUT2D eigenvalue weighted by Crippen LogP contribution is -2.41. The van der Waals surface area contributed by atoms with Crippen molar-refractivity contribution in [2.24, 2.45) is 11.7 Å². The van der Waals surface area contributed by atoms with Crippen LogP contribution in [0.15, 0.2) is 24.3 Å². The van der Waals surface area contributed by atoms with Crippen LogP contribution in [0.25, 0.3) is 0 Å². The minimum absolute atomic E-state index is 0.0299. The van der Waals surface area contributed by atoms with Crippen LogP contribution in [0.3, 0.4) is 0 Å². The summed E-state index contributed by atoms with van der Waals surface area (Å²) < 4.78 is 24.6. The van der Waals surface area contributed by atoms with Gasteiger partial charge in [0.1, 0.15) is 0 Å². The summed E-state index contributed by atoms with van der Waals surface area (Å²) in [6, 6.07) is 5.95. The Bertz CT molecular complexity index is 811. The molecule has 0 atom stereocenters. The molecule has 2 saturated heterocycles. The highest BCUT2D eigenvalue weighted by atomic mass is 32.2. The molecule has 2 heterocycles. The van der Waals surface area contributed by atoms with Gasteiger partial charge in [0.05, 0.1) is 11.4 Å². The van der Waals surface area contributed by atoms with Crippen LogP contribution in [-0.2, 0) is 19.6 Å². The Morgan fingerprint density at radius 2 is 1.68 bits per heavy atom. The van der Waals surface area contributed by atoms with E-state index in [4.69, 9.17) is 5.73 Å². The molecule has 8 nitrogen and oxygen atoms in total. The van der Waals surface area contributed by atoms with Crippen LogP contribution in [-0.4, -0.2) is 49.9 Å². The topological polar surface area (TPSA) is 118 Å². The molecule has 0 bridgehead atoms. The maximum atomic E-state index is 12.5. The largest absolute Gasteiger partial charge is 0.369 e. The van der Waals surface area contributed by atoms with Gasteiger partial charge in [-0.1, -0.05) is 0 Å². The molecule has 9 heteroatoms. The lowest BCUT2D eigenvalue weighted by molar-refractivity contribution is -0.123. The number of carbonyl (C=O) groups excluding carboxylic acids is 3. The Labute approximate surface area is 145 Å². The van der Waals surface area contributed by atoms with Crippen molar-refractivity contribution in [3.05, 3.63) is 29.8 Å². The number of rotatable bonds is 3. The number of anilines is 1. The standard InChI is InChI=1S/C16H19N3O5S/c17-15(21)11-5-8-18(9-6-11)16(22)12-1-3-13(4-2-12)19-14(20)7-10-25(19,23)24/h1-4,11H,5-10H2,(H2,17,21). The average molecular weight is 365 g/mol. The quantitative estimate of drug-likeness (QED) is 0.814. The number of nitrogens with zero attached hydrogens (tertiary/aromatic N) is 2. The molecule has 1 aromatic carbocycles. The van der Waals surface area contributed by atoms with Crippen molar-refractivity contribution in [2.45, 2.75) is 19.3 Å². The van der Waals surface area contributed by atoms with Crippen LogP contribution in [0, 0.1) is 5.92 Å². The van der Waals surface area contributed by atoms with E-state index in [1.165, 1.54) is 24.3 Å². The first-order valence-corrected chi connectivity index (χ1v) is 9.65. The fourth-order valence-corrected chi connectivity index (χ4v) is 4.62. The van der Waals surface area contributed by atoms with Gasteiger partial charge < -0.3 is 10.6 Å². The summed E-state index contributed by atoms with van der Waals surface area (Å²) in [5.74, 6) is -1.38. The van der Waals surface area contributed by atoms with E-state index in [1.54, 1.807) is 4.90 Å². The third kappa shape index (κ3) is 3.37. The second kappa shape index (κ2) is 6.47. The molecule has 3 amide bonds. The van der Waals surface area contributed by atoms with E-state index in [0.717, 1.165) is 4.31 Å². The molecule has 134 valence electrons. The molecule has 2 aliphatic rings. The SMILES string of the molecule is NC(=O)C1CCN(C(=O)c2ccc(N3C(=O)CCS3(=O)=O)cc2)CC1. The monoisotopic (exact) mass is 365 g/mol. The molecular formula is C16H19N3O5S.